The molecule has 15 nitrogen and oxygen atoms in total. The van der Waals surface area contributed by atoms with Crippen LogP contribution in [0.4, 0.5) is 0 Å². The second-order valence-corrected chi connectivity index (χ2v) is 13.6. The molecule has 0 aliphatic heterocycles. The molecule has 0 saturated heterocycles. The lowest BCUT2D eigenvalue weighted by Gasteiger charge is -2.33. The average Bonchev–Trinajstić information content (AvgIpc) is 2.81. The first kappa shape index (κ1) is 48.0. The third-order valence-corrected chi connectivity index (χ3v) is 6.29. The van der Waals surface area contributed by atoms with Gasteiger partial charge in [-0.1, -0.05) is 22.3 Å². The predicted molar refractivity (Wildman–Crippen MR) is 159 cm³/mol. The Balaban J connectivity index is -0.00000241. The van der Waals surface area contributed by atoms with Gasteiger partial charge in [-0.3, -0.25) is 17.3 Å². The number of carbonyl (C=O) groups excluding carboxylic acids is 1. The molecule has 0 radical (unpaired) electrons. The number of hydrogen-bond donors (Lipinski definition) is 0. The van der Waals surface area contributed by atoms with E-state index in [1.807, 2.05) is 0 Å². The summed E-state index contributed by atoms with van der Waals surface area (Å²) in [4.78, 5) is 11.4. The fourth-order valence-corrected chi connectivity index (χ4v) is 4.04. The van der Waals surface area contributed by atoms with E-state index in [0.29, 0.717) is 19.3 Å². The van der Waals surface area contributed by atoms with Crippen molar-refractivity contribution in [2.75, 3.05) is 98.6 Å². The highest BCUT2D eigenvalue weighted by molar-refractivity contribution is 7.86. The van der Waals surface area contributed by atoms with Gasteiger partial charge in [-0.2, -0.15) is 25.3 Å². The molecular weight excluding hydrogens is 624 g/mol. The Morgan fingerprint density at radius 2 is 0.810 bits per heavy atom. The van der Waals surface area contributed by atoms with Gasteiger partial charge in [0.25, 0.3) is 30.4 Å². The van der Waals surface area contributed by atoms with E-state index in [1.54, 1.807) is 0 Å². The molecule has 0 aromatic rings. The second kappa shape index (κ2) is 25.4. The van der Waals surface area contributed by atoms with E-state index >= 15 is 0 Å². The van der Waals surface area contributed by atoms with Gasteiger partial charge in [0.2, 0.25) is 0 Å². The van der Waals surface area contributed by atoms with Crippen LogP contribution in [0.25, 0.3) is 0 Å². The van der Waals surface area contributed by atoms with Gasteiger partial charge in [-0.05, 0) is 19.3 Å². The Hall–Kier alpha value is -0.960. The molecule has 0 aromatic heterocycles. The Kier molecular flexibility index (Phi) is 29.0. The number of rotatable bonds is 26. The predicted octanol–water partition coefficient (Wildman–Crippen LogP) is 1.61. The molecule has 0 aromatic carbocycles. The van der Waals surface area contributed by atoms with Crippen molar-refractivity contribution in [3.63, 3.8) is 0 Å². The standard InChI is InChI=1S/C21H42O15S3.3CH4/c1-29-20(22)8-15-33-19-21(16-30-9-5-12-34-37(2,23)24,17-31-10-6-13-35-38(3,25)26)18-32-11-7-14-36-39(4,27)28;;;/h5-19H2,1-4H3;3*1H4. The smallest absolute Gasteiger partial charge is 0.307 e. The van der Waals surface area contributed by atoms with Crippen molar-refractivity contribution in [2.45, 2.75) is 48.0 Å². The van der Waals surface area contributed by atoms with Crippen LogP contribution in [0.2, 0.25) is 0 Å². The molecule has 0 heterocycles. The third kappa shape index (κ3) is 32.0. The van der Waals surface area contributed by atoms with Crippen molar-refractivity contribution in [1.82, 2.24) is 0 Å². The molecule has 0 aliphatic carbocycles. The van der Waals surface area contributed by atoms with Crippen molar-refractivity contribution >= 4 is 36.3 Å². The summed E-state index contributed by atoms with van der Waals surface area (Å²) in [6.45, 7) is 0.568. The molecule has 0 saturated carbocycles. The maximum atomic E-state index is 11.4. The average molecular weight is 679 g/mol. The molecule has 42 heavy (non-hydrogen) atoms. The first-order valence-electron chi connectivity index (χ1n) is 12.0. The minimum atomic E-state index is -3.57. The molecular formula is C24H54O15S3. The summed E-state index contributed by atoms with van der Waals surface area (Å²) in [6, 6.07) is 0. The van der Waals surface area contributed by atoms with E-state index in [4.69, 9.17) is 31.5 Å². The Morgan fingerprint density at radius 3 is 1.07 bits per heavy atom. The number of ether oxygens (including phenoxy) is 5. The molecule has 0 rings (SSSR count). The molecule has 0 aliphatic rings. The fourth-order valence-electron chi connectivity index (χ4n) is 2.78. The first-order chi connectivity index (χ1) is 18.1. The Morgan fingerprint density at radius 1 is 0.524 bits per heavy atom. The van der Waals surface area contributed by atoms with Crippen LogP contribution < -0.4 is 0 Å². The summed E-state index contributed by atoms with van der Waals surface area (Å²) in [5, 5.41) is 0. The van der Waals surface area contributed by atoms with Crippen LogP contribution in [0.5, 0.6) is 0 Å². The SMILES string of the molecule is C.C.C.COC(=O)CCOCC(COCCCOS(C)(=O)=O)(COCCCOS(C)(=O)=O)COCCCOS(C)(=O)=O. The van der Waals surface area contributed by atoms with Crippen molar-refractivity contribution in [2.24, 2.45) is 5.41 Å². The largest absolute Gasteiger partial charge is 0.469 e. The van der Waals surface area contributed by atoms with Crippen LogP contribution in [-0.2, 0) is 71.4 Å². The van der Waals surface area contributed by atoms with Crippen LogP contribution in [-0.4, -0.2) is 130 Å². The molecule has 18 heteroatoms. The summed E-state index contributed by atoms with van der Waals surface area (Å²) in [5.74, 6) is -0.452. The van der Waals surface area contributed by atoms with Crippen LogP contribution in [0, 0.1) is 5.41 Å². The topological polar surface area (TPSA) is 193 Å². The molecule has 0 bridgehead atoms. The minimum Gasteiger partial charge on any atom is -0.469 e. The maximum Gasteiger partial charge on any atom is 0.307 e. The molecule has 0 fully saturated rings. The van der Waals surface area contributed by atoms with Gasteiger partial charge in [-0.25, -0.2) is 0 Å². The van der Waals surface area contributed by atoms with Crippen molar-refractivity contribution in [3.8, 4) is 0 Å². The number of hydrogen-bond acceptors (Lipinski definition) is 15. The normalized spacial score (nSPS) is 12.1. The summed E-state index contributed by atoms with van der Waals surface area (Å²) in [5.41, 5.74) is -0.886. The van der Waals surface area contributed by atoms with Crippen LogP contribution >= 0.6 is 0 Å². The Labute approximate surface area is 254 Å². The molecule has 0 N–H and O–H groups in total. The van der Waals surface area contributed by atoms with Gasteiger partial charge in [-0.15, -0.1) is 0 Å². The third-order valence-electron chi connectivity index (χ3n) is 4.50. The molecule has 0 spiro atoms. The molecule has 0 atom stereocenters. The second-order valence-electron chi connectivity index (χ2n) is 8.68. The van der Waals surface area contributed by atoms with E-state index in [1.165, 1.54) is 7.11 Å². The van der Waals surface area contributed by atoms with Crippen LogP contribution in [0.15, 0.2) is 0 Å². The summed E-state index contributed by atoms with van der Waals surface area (Å²) < 4.78 is 108. The van der Waals surface area contributed by atoms with E-state index in [-0.39, 0.29) is 101 Å². The van der Waals surface area contributed by atoms with E-state index in [9.17, 15) is 30.0 Å². The van der Waals surface area contributed by atoms with Crippen LogP contribution in [0.3, 0.4) is 0 Å². The highest BCUT2D eigenvalue weighted by Gasteiger charge is 2.32. The summed E-state index contributed by atoms with van der Waals surface area (Å²) in [6.07, 6.45) is 3.73. The van der Waals surface area contributed by atoms with Gasteiger partial charge in [0.1, 0.15) is 0 Å². The lowest BCUT2D eigenvalue weighted by Crippen LogP contribution is -2.42. The lowest BCUT2D eigenvalue weighted by atomic mass is 9.92. The molecule has 0 unspecified atom stereocenters. The minimum absolute atomic E-state index is 0. The monoisotopic (exact) mass is 678 g/mol. The van der Waals surface area contributed by atoms with Crippen molar-refractivity contribution < 1.29 is 66.3 Å². The zero-order valence-corrected chi connectivity index (χ0v) is 25.4. The van der Waals surface area contributed by atoms with Crippen molar-refractivity contribution in [1.29, 1.82) is 0 Å². The van der Waals surface area contributed by atoms with Gasteiger partial charge in [0.05, 0.1) is 90.6 Å². The molecule has 0 amide bonds. The van der Waals surface area contributed by atoms with Crippen molar-refractivity contribution in [3.05, 3.63) is 0 Å². The maximum absolute atomic E-state index is 11.4. The summed E-state index contributed by atoms with van der Waals surface area (Å²) in [7, 11) is -9.45. The quantitative estimate of drug-likeness (QED) is 0.0727. The van der Waals surface area contributed by atoms with Crippen LogP contribution in [0.1, 0.15) is 48.0 Å². The highest BCUT2D eigenvalue weighted by atomic mass is 32.2. The molecule has 258 valence electrons. The number of methoxy groups -OCH3 is 1. The number of carbonyl (C=O) groups is 1. The van der Waals surface area contributed by atoms with E-state index in [0.717, 1.165) is 18.8 Å². The summed E-state index contributed by atoms with van der Waals surface area (Å²) >= 11 is 0. The number of esters is 1. The zero-order valence-electron chi connectivity index (χ0n) is 23.0. The van der Waals surface area contributed by atoms with Gasteiger partial charge in [0.15, 0.2) is 0 Å². The lowest BCUT2D eigenvalue weighted by molar-refractivity contribution is -0.143. The van der Waals surface area contributed by atoms with Gasteiger partial charge < -0.3 is 23.7 Å². The van der Waals surface area contributed by atoms with Gasteiger partial charge in [0, 0.05) is 19.8 Å². The zero-order chi connectivity index (χ0) is 29.8. The van der Waals surface area contributed by atoms with Gasteiger partial charge >= 0.3 is 5.97 Å². The Bertz CT molecular complexity index is 873. The first-order valence-corrected chi connectivity index (χ1v) is 17.4. The van der Waals surface area contributed by atoms with E-state index in [2.05, 4.69) is 4.74 Å². The van der Waals surface area contributed by atoms with E-state index < -0.39 is 41.7 Å². The highest BCUT2D eigenvalue weighted by Crippen LogP contribution is 2.21. The fraction of sp³-hybridized carbons (Fsp3) is 0.958.